The normalized spacial score (nSPS) is 14.3. The maximum absolute atomic E-state index is 11.6. The molecule has 0 spiro atoms. The highest BCUT2D eigenvalue weighted by molar-refractivity contribution is 5.98. The van der Waals surface area contributed by atoms with Gasteiger partial charge in [0.15, 0.2) is 0 Å². The van der Waals surface area contributed by atoms with Crippen LogP contribution in [0.5, 0.6) is 0 Å². The molecule has 1 amide bonds. The van der Waals surface area contributed by atoms with Gasteiger partial charge in [-0.05, 0) is 29.3 Å². The van der Waals surface area contributed by atoms with Crippen LogP contribution in [0.1, 0.15) is 17.5 Å². The number of anilines is 2. The van der Waals surface area contributed by atoms with Crippen molar-refractivity contribution in [3.8, 4) is 0 Å². The molecule has 0 fully saturated rings. The number of aromatic nitrogens is 1. The molecule has 0 saturated heterocycles. The lowest BCUT2D eigenvalue weighted by Gasteiger charge is -2.10. The summed E-state index contributed by atoms with van der Waals surface area (Å²) in [7, 11) is 0. The largest absolute Gasteiger partial charge is 0.382 e. The van der Waals surface area contributed by atoms with Crippen LogP contribution in [0.3, 0.4) is 0 Å². The zero-order chi connectivity index (χ0) is 13.8. The highest BCUT2D eigenvalue weighted by atomic mass is 16.1. The van der Waals surface area contributed by atoms with Gasteiger partial charge in [0.25, 0.3) is 0 Å². The summed E-state index contributed by atoms with van der Waals surface area (Å²) in [6, 6.07) is 9.79. The second-order valence-corrected chi connectivity index (χ2v) is 4.61. The fraction of sp³-hybridized carbons (Fsp3) is 0.125. The van der Waals surface area contributed by atoms with Crippen LogP contribution < -0.4 is 10.6 Å². The van der Waals surface area contributed by atoms with E-state index in [9.17, 15) is 4.79 Å². The molecule has 0 saturated carbocycles. The van der Waals surface area contributed by atoms with Crippen molar-refractivity contribution in [1.29, 1.82) is 0 Å². The highest BCUT2D eigenvalue weighted by Crippen LogP contribution is 2.29. The Morgan fingerprint density at radius 3 is 2.80 bits per heavy atom. The Labute approximate surface area is 117 Å². The van der Waals surface area contributed by atoms with Crippen LogP contribution in [0.15, 0.2) is 42.7 Å². The number of amides is 1. The van der Waals surface area contributed by atoms with Gasteiger partial charge in [0.2, 0.25) is 5.91 Å². The van der Waals surface area contributed by atoms with E-state index in [1.807, 2.05) is 42.5 Å². The summed E-state index contributed by atoms with van der Waals surface area (Å²) in [5.74, 6) is 0.0477. The lowest BCUT2D eigenvalue weighted by molar-refractivity contribution is -0.115. The van der Waals surface area contributed by atoms with E-state index in [0.29, 0.717) is 13.0 Å². The second kappa shape index (κ2) is 5.57. The van der Waals surface area contributed by atoms with E-state index < -0.39 is 0 Å². The average Bonchev–Trinajstić information content (AvgIpc) is 2.67. The molecule has 1 aliphatic rings. The monoisotopic (exact) mass is 265 g/mol. The molecule has 1 aromatic heterocycles. The number of hydrogen-bond acceptors (Lipinski definition) is 3. The van der Waals surface area contributed by atoms with Gasteiger partial charge in [0.1, 0.15) is 0 Å². The third kappa shape index (κ3) is 2.69. The first kappa shape index (κ1) is 12.4. The third-order valence-electron chi connectivity index (χ3n) is 3.19. The van der Waals surface area contributed by atoms with Crippen molar-refractivity contribution < 1.29 is 4.79 Å². The van der Waals surface area contributed by atoms with Crippen molar-refractivity contribution in [3.05, 3.63) is 53.9 Å². The summed E-state index contributed by atoms with van der Waals surface area (Å²) >= 11 is 0. The maximum Gasteiger partial charge on any atom is 0.226 e. The Balaban J connectivity index is 1.93. The van der Waals surface area contributed by atoms with Gasteiger partial charge >= 0.3 is 0 Å². The molecule has 0 radical (unpaired) electrons. The third-order valence-corrected chi connectivity index (χ3v) is 3.19. The predicted octanol–water partition coefficient (Wildman–Crippen LogP) is 3.01. The number of pyridine rings is 1. The van der Waals surface area contributed by atoms with Gasteiger partial charge in [-0.2, -0.15) is 0 Å². The number of nitrogens with zero attached hydrogens (tertiary/aromatic N) is 1. The molecular weight excluding hydrogens is 250 g/mol. The lowest BCUT2D eigenvalue weighted by Crippen LogP contribution is -2.10. The van der Waals surface area contributed by atoms with Gasteiger partial charge in [0.05, 0.1) is 11.4 Å². The quantitative estimate of drug-likeness (QED) is 0.877. The molecule has 0 bridgehead atoms. The molecule has 0 atom stereocenters. The van der Waals surface area contributed by atoms with Crippen molar-refractivity contribution in [2.75, 3.05) is 17.2 Å². The Morgan fingerprint density at radius 1 is 1.10 bits per heavy atom. The highest BCUT2D eigenvalue weighted by Gasteiger charge is 2.13. The SMILES string of the molecule is O=C1CCNc2c(/C=C/c3ccncc3)cccc2N1. The molecule has 2 N–H and O–H groups in total. The molecule has 2 aromatic rings. The molecule has 4 heteroatoms. The van der Waals surface area contributed by atoms with Crippen molar-refractivity contribution >= 4 is 29.4 Å². The number of carbonyl (C=O) groups is 1. The molecule has 0 aliphatic carbocycles. The smallest absolute Gasteiger partial charge is 0.226 e. The van der Waals surface area contributed by atoms with Crippen LogP contribution in [0.2, 0.25) is 0 Å². The molecule has 3 rings (SSSR count). The number of para-hydroxylation sites is 1. The fourth-order valence-corrected chi connectivity index (χ4v) is 2.18. The molecular formula is C16H15N3O. The number of hydrogen-bond donors (Lipinski definition) is 2. The number of rotatable bonds is 2. The molecule has 20 heavy (non-hydrogen) atoms. The molecule has 1 aromatic carbocycles. The van der Waals surface area contributed by atoms with Gasteiger partial charge in [0, 0.05) is 25.4 Å². The lowest BCUT2D eigenvalue weighted by atomic mass is 10.1. The summed E-state index contributed by atoms with van der Waals surface area (Å²) in [6.45, 7) is 0.652. The van der Waals surface area contributed by atoms with E-state index in [4.69, 9.17) is 0 Å². The Hall–Kier alpha value is -2.62. The van der Waals surface area contributed by atoms with E-state index in [1.54, 1.807) is 12.4 Å². The van der Waals surface area contributed by atoms with Crippen molar-refractivity contribution in [2.24, 2.45) is 0 Å². The van der Waals surface area contributed by atoms with Gasteiger partial charge < -0.3 is 10.6 Å². The number of fused-ring (bicyclic) bond motifs is 1. The standard InChI is InChI=1S/C16H15N3O/c20-15-8-11-18-16-13(2-1-3-14(16)19-15)5-4-12-6-9-17-10-7-12/h1-7,9-10,18H,8,11H2,(H,19,20)/b5-4+. The maximum atomic E-state index is 11.6. The summed E-state index contributed by atoms with van der Waals surface area (Å²) in [6.07, 6.45) is 8.10. The molecule has 0 unspecified atom stereocenters. The van der Waals surface area contributed by atoms with Crippen LogP contribution in [-0.2, 0) is 4.79 Å². The second-order valence-electron chi connectivity index (χ2n) is 4.61. The van der Waals surface area contributed by atoms with Crippen molar-refractivity contribution in [1.82, 2.24) is 4.98 Å². The van der Waals surface area contributed by atoms with E-state index in [0.717, 1.165) is 22.5 Å². The number of carbonyl (C=O) groups excluding carboxylic acids is 1. The fourth-order valence-electron chi connectivity index (χ4n) is 2.18. The van der Waals surface area contributed by atoms with Crippen molar-refractivity contribution in [3.63, 3.8) is 0 Å². The summed E-state index contributed by atoms with van der Waals surface area (Å²) in [4.78, 5) is 15.6. The first-order chi connectivity index (χ1) is 9.83. The molecule has 100 valence electrons. The summed E-state index contributed by atoms with van der Waals surface area (Å²) in [5.41, 5.74) is 3.96. The van der Waals surface area contributed by atoms with Crippen LogP contribution in [0.4, 0.5) is 11.4 Å². The van der Waals surface area contributed by atoms with E-state index in [1.165, 1.54) is 0 Å². The predicted molar refractivity (Wildman–Crippen MR) is 81.3 cm³/mol. The van der Waals surface area contributed by atoms with Gasteiger partial charge in [-0.3, -0.25) is 9.78 Å². The summed E-state index contributed by atoms with van der Waals surface area (Å²) < 4.78 is 0. The minimum absolute atomic E-state index is 0.0477. The van der Waals surface area contributed by atoms with Gasteiger partial charge in [-0.15, -0.1) is 0 Å². The van der Waals surface area contributed by atoms with Gasteiger partial charge in [-0.25, -0.2) is 0 Å². The number of benzene rings is 1. The molecule has 2 heterocycles. The first-order valence-electron chi connectivity index (χ1n) is 6.58. The minimum atomic E-state index is 0.0477. The van der Waals surface area contributed by atoms with Crippen LogP contribution in [-0.4, -0.2) is 17.4 Å². The molecule has 4 nitrogen and oxygen atoms in total. The molecule has 1 aliphatic heterocycles. The van der Waals surface area contributed by atoms with Gasteiger partial charge in [-0.1, -0.05) is 24.3 Å². The number of nitrogens with one attached hydrogen (secondary N) is 2. The Morgan fingerprint density at radius 2 is 1.95 bits per heavy atom. The Kier molecular flexibility index (Phi) is 3.46. The van der Waals surface area contributed by atoms with Crippen LogP contribution in [0.25, 0.3) is 12.2 Å². The topological polar surface area (TPSA) is 54.0 Å². The Bertz CT molecular complexity index is 650. The van der Waals surface area contributed by atoms with Crippen molar-refractivity contribution in [2.45, 2.75) is 6.42 Å². The van der Waals surface area contributed by atoms with Crippen LogP contribution in [0, 0.1) is 0 Å². The zero-order valence-electron chi connectivity index (χ0n) is 11.0. The van der Waals surface area contributed by atoms with E-state index >= 15 is 0 Å². The first-order valence-corrected chi connectivity index (χ1v) is 6.58. The van der Waals surface area contributed by atoms with E-state index in [2.05, 4.69) is 15.6 Å². The minimum Gasteiger partial charge on any atom is -0.382 e. The van der Waals surface area contributed by atoms with Crippen LogP contribution >= 0.6 is 0 Å². The summed E-state index contributed by atoms with van der Waals surface area (Å²) in [5, 5.41) is 6.23. The zero-order valence-corrected chi connectivity index (χ0v) is 11.0. The van der Waals surface area contributed by atoms with E-state index in [-0.39, 0.29) is 5.91 Å². The average molecular weight is 265 g/mol.